The first-order chi connectivity index (χ1) is 10.7. The molecular formula is C16H17N3O3. The molecule has 1 aliphatic rings. The van der Waals surface area contributed by atoms with Crippen LogP contribution in [0.3, 0.4) is 0 Å². The van der Waals surface area contributed by atoms with Crippen molar-refractivity contribution in [3.8, 4) is 5.75 Å². The molecule has 0 saturated heterocycles. The summed E-state index contributed by atoms with van der Waals surface area (Å²) in [6, 6.07) is 7.65. The summed E-state index contributed by atoms with van der Waals surface area (Å²) in [6.07, 6.45) is 4.04. The smallest absolute Gasteiger partial charge is 0.414 e. The van der Waals surface area contributed by atoms with E-state index in [0.717, 1.165) is 34.7 Å². The van der Waals surface area contributed by atoms with Gasteiger partial charge in [-0.2, -0.15) is 5.10 Å². The van der Waals surface area contributed by atoms with Crippen LogP contribution >= 0.6 is 0 Å². The van der Waals surface area contributed by atoms with Gasteiger partial charge in [0.05, 0.1) is 26.1 Å². The van der Waals surface area contributed by atoms with Crippen LogP contribution in [0.1, 0.15) is 16.8 Å². The van der Waals surface area contributed by atoms with Crippen molar-refractivity contribution in [3.63, 3.8) is 0 Å². The first kappa shape index (κ1) is 14.2. The molecule has 0 spiro atoms. The summed E-state index contributed by atoms with van der Waals surface area (Å²) in [5, 5.41) is 7.06. The number of aromatic nitrogens is 2. The SMILES string of the molecule is COC(=O)N1CCc2[nH]ncc2/C1=C\c1ccc(OC)cc1. The fraction of sp³-hybridized carbons (Fsp3) is 0.250. The lowest BCUT2D eigenvalue weighted by molar-refractivity contribution is 0.142. The van der Waals surface area contributed by atoms with Crippen molar-refractivity contribution in [3.05, 3.63) is 47.3 Å². The lowest BCUT2D eigenvalue weighted by Gasteiger charge is -2.28. The highest BCUT2D eigenvalue weighted by Crippen LogP contribution is 2.30. The highest BCUT2D eigenvalue weighted by Gasteiger charge is 2.27. The third-order valence-electron chi connectivity index (χ3n) is 3.68. The molecule has 22 heavy (non-hydrogen) atoms. The van der Waals surface area contributed by atoms with Crippen LogP contribution in [0.25, 0.3) is 11.8 Å². The van der Waals surface area contributed by atoms with E-state index < -0.39 is 0 Å². The molecule has 0 unspecified atom stereocenters. The lowest BCUT2D eigenvalue weighted by Crippen LogP contribution is -2.34. The summed E-state index contributed by atoms with van der Waals surface area (Å²) in [5.41, 5.74) is 3.71. The van der Waals surface area contributed by atoms with E-state index in [0.29, 0.717) is 6.54 Å². The van der Waals surface area contributed by atoms with Gasteiger partial charge in [-0.25, -0.2) is 4.79 Å². The molecule has 2 aromatic rings. The Hall–Kier alpha value is -2.76. The van der Waals surface area contributed by atoms with Crippen molar-refractivity contribution >= 4 is 17.9 Å². The van der Waals surface area contributed by atoms with Crippen molar-refractivity contribution in [2.75, 3.05) is 20.8 Å². The molecule has 3 rings (SSSR count). The molecular weight excluding hydrogens is 282 g/mol. The van der Waals surface area contributed by atoms with E-state index in [1.165, 1.54) is 7.11 Å². The minimum absolute atomic E-state index is 0.369. The van der Waals surface area contributed by atoms with Crippen molar-refractivity contribution in [1.29, 1.82) is 0 Å². The molecule has 114 valence electrons. The maximum absolute atomic E-state index is 12.0. The quantitative estimate of drug-likeness (QED) is 0.925. The number of amides is 1. The second-order valence-corrected chi connectivity index (χ2v) is 4.94. The Morgan fingerprint density at radius 3 is 2.77 bits per heavy atom. The number of benzene rings is 1. The third kappa shape index (κ3) is 2.55. The Labute approximate surface area is 128 Å². The number of ether oxygens (including phenoxy) is 2. The second-order valence-electron chi connectivity index (χ2n) is 4.94. The summed E-state index contributed by atoms with van der Waals surface area (Å²) >= 11 is 0. The number of H-pyrrole nitrogens is 1. The summed E-state index contributed by atoms with van der Waals surface area (Å²) in [5.74, 6) is 0.791. The molecule has 0 aliphatic carbocycles. The number of rotatable bonds is 2. The molecule has 0 bridgehead atoms. The van der Waals surface area contributed by atoms with E-state index in [-0.39, 0.29) is 6.09 Å². The molecule has 6 heteroatoms. The third-order valence-corrected chi connectivity index (χ3v) is 3.68. The molecule has 6 nitrogen and oxygen atoms in total. The number of aromatic amines is 1. The van der Waals surface area contributed by atoms with Crippen LogP contribution in [0.4, 0.5) is 4.79 Å². The van der Waals surface area contributed by atoms with Gasteiger partial charge in [-0.3, -0.25) is 10.00 Å². The average molecular weight is 299 g/mol. The molecule has 2 heterocycles. The molecule has 0 radical (unpaired) electrons. The van der Waals surface area contributed by atoms with E-state index in [2.05, 4.69) is 10.2 Å². The van der Waals surface area contributed by atoms with Crippen molar-refractivity contribution < 1.29 is 14.3 Å². The highest BCUT2D eigenvalue weighted by molar-refractivity contribution is 5.91. The molecule has 1 N–H and O–H groups in total. The number of carbonyl (C=O) groups is 1. The monoisotopic (exact) mass is 299 g/mol. The fourth-order valence-corrected chi connectivity index (χ4v) is 2.53. The van der Waals surface area contributed by atoms with E-state index in [9.17, 15) is 4.79 Å². The molecule has 1 aliphatic heterocycles. The average Bonchev–Trinajstić information content (AvgIpc) is 3.04. The number of nitrogens with one attached hydrogen (secondary N) is 1. The minimum Gasteiger partial charge on any atom is -0.497 e. The Bertz CT molecular complexity index is 704. The molecule has 1 aromatic heterocycles. The van der Waals surface area contributed by atoms with Crippen LogP contribution in [0.15, 0.2) is 30.5 Å². The largest absolute Gasteiger partial charge is 0.497 e. The zero-order valence-electron chi connectivity index (χ0n) is 12.5. The summed E-state index contributed by atoms with van der Waals surface area (Å²) < 4.78 is 10.0. The molecule has 0 fully saturated rings. The van der Waals surface area contributed by atoms with Crippen molar-refractivity contribution in [2.24, 2.45) is 0 Å². The zero-order chi connectivity index (χ0) is 15.5. The number of methoxy groups -OCH3 is 2. The standard InChI is InChI=1S/C16H17N3O3/c1-21-12-5-3-11(4-6-12)9-15-13-10-17-18-14(13)7-8-19(15)16(20)22-2/h3-6,9-10H,7-8H2,1-2H3,(H,17,18)/b15-9+. The van der Waals surface area contributed by atoms with Crippen molar-refractivity contribution in [2.45, 2.75) is 6.42 Å². The Balaban J connectivity index is 2.02. The van der Waals surface area contributed by atoms with Gasteiger partial charge in [-0.1, -0.05) is 12.1 Å². The van der Waals surface area contributed by atoms with E-state index in [4.69, 9.17) is 9.47 Å². The summed E-state index contributed by atoms with van der Waals surface area (Å²) in [6.45, 7) is 0.559. The Morgan fingerprint density at radius 2 is 2.09 bits per heavy atom. The highest BCUT2D eigenvalue weighted by atomic mass is 16.5. The van der Waals surface area contributed by atoms with Gasteiger partial charge in [-0.15, -0.1) is 0 Å². The summed E-state index contributed by atoms with van der Waals surface area (Å²) in [4.78, 5) is 13.6. The van der Waals surface area contributed by atoms with Crippen LogP contribution < -0.4 is 4.74 Å². The second kappa shape index (κ2) is 5.93. The maximum atomic E-state index is 12.0. The van der Waals surface area contributed by atoms with E-state index in [1.807, 2.05) is 30.3 Å². The predicted octanol–water partition coefficient (Wildman–Crippen LogP) is 2.54. The topological polar surface area (TPSA) is 67.5 Å². The van der Waals surface area contributed by atoms with Gasteiger partial charge in [0.15, 0.2) is 0 Å². The van der Waals surface area contributed by atoms with Crippen LogP contribution in [0, 0.1) is 0 Å². The van der Waals surface area contributed by atoms with Crippen LogP contribution in [-0.2, 0) is 11.2 Å². The van der Waals surface area contributed by atoms with Gasteiger partial charge in [0.1, 0.15) is 5.75 Å². The van der Waals surface area contributed by atoms with Crippen molar-refractivity contribution in [1.82, 2.24) is 15.1 Å². The molecule has 0 saturated carbocycles. The maximum Gasteiger partial charge on any atom is 0.414 e. The van der Waals surface area contributed by atoms with E-state index >= 15 is 0 Å². The van der Waals surface area contributed by atoms with Gasteiger partial charge >= 0.3 is 6.09 Å². The van der Waals surface area contributed by atoms with Crippen LogP contribution in [0.2, 0.25) is 0 Å². The number of hydrogen-bond acceptors (Lipinski definition) is 4. The minimum atomic E-state index is -0.369. The predicted molar refractivity (Wildman–Crippen MR) is 82.3 cm³/mol. The lowest BCUT2D eigenvalue weighted by atomic mass is 10.0. The van der Waals surface area contributed by atoms with Gasteiger partial charge in [0.2, 0.25) is 0 Å². The molecule has 0 atom stereocenters. The first-order valence-corrected chi connectivity index (χ1v) is 6.97. The number of hydrogen-bond donors (Lipinski definition) is 1. The summed E-state index contributed by atoms with van der Waals surface area (Å²) in [7, 11) is 3.02. The van der Waals surface area contributed by atoms with Gasteiger partial charge in [0, 0.05) is 24.2 Å². The molecule has 1 amide bonds. The number of fused-ring (bicyclic) bond motifs is 1. The van der Waals surface area contributed by atoms with Gasteiger partial charge in [0.25, 0.3) is 0 Å². The Kier molecular flexibility index (Phi) is 3.82. The normalized spacial score (nSPS) is 15.5. The number of nitrogens with zero attached hydrogens (tertiary/aromatic N) is 2. The Morgan fingerprint density at radius 1 is 1.32 bits per heavy atom. The van der Waals surface area contributed by atoms with Gasteiger partial charge < -0.3 is 9.47 Å². The first-order valence-electron chi connectivity index (χ1n) is 6.97. The number of carbonyl (C=O) groups excluding carboxylic acids is 1. The van der Waals surface area contributed by atoms with Crippen LogP contribution in [0.5, 0.6) is 5.75 Å². The molecule has 1 aromatic carbocycles. The van der Waals surface area contributed by atoms with Crippen LogP contribution in [-0.4, -0.2) is 42.0 Å². The van der Waals surface area contributed by atoms with Gasteiger partial charge in [-0.05, 0) is 23.8 Å². The fourth-order valence-electron chi connectivity index (χ4n) is 2.53. The van der Waals surface area contributed by atoms with E-state index in [1.54, 1.807) is 18.2 Å². The zero-order valence-corrected chi connectivity index (χ0v) is 12.5.